The van der Waals surface area contributed by atoms with Gasteiger partial charge in [-0.1, -0.05) is 17.6 Å². The standard InChI is InChI=1S/C18H23BN6O/c1-10(2)25(9-20)17(22)15-5-4-6-16(23-15)24-18(26)12-8-14(21)11(3)7-13(12)19/h4-10,20,22H,19,21H2,1-3H3,(H,23,24,26). The van der Waals surface area contributed by atoms with E-state index in [1.54, 1.807) is 24.3 Å². The highest BCUT2D eigenvalue weighted by atomic mass is 16.1. The molecular formula is C18H23BN6O. The van der Waals surface area contributed by atoms with Crippen LogP contribution in [0, 0.1) is 17.7 Å². The van der Waals surface area contributed by atoms with Gasteiger partial charge >= 0.3 is 0 Å². The summed E-state index contributed by atoms with van der Waals surface area (Å²) in [6.45, 7) is 5.66. The van der Waals surface area contributed by atoms with E-state index in [0.29, 0.717) is 22.8 Å². The van der Waals surface area contributed by atoms with Crippen LogP contribution in [0.25, 0.3) is 0 Å². The molecule has 0 radical (unpaired) electrons. The van der Waals surface area contributed by atoms with Gasteiger partial charge in [0.2, 0.25) is 0 Å². The number of hydrogen-bond donors (Lipinski definition) is 4. The molecule has 1 aromatic carbocycles. The van der Waals surface area contributed by atoms with Gasteiger partial charge in [-0.2, -0.15) is 0 Å². The van der Waals surface area contributed by atoms with E-state index < -0.39 is 0 Å². The van der Waals surface area contributed by atoms with Gasteiger partial charge in [0, 0.05) is 17.3 Å². The highest BCUT2D eigenvalue weighted by molar-refractivity contribution is 6.37. The fourth-order valence-electron chi connectivity index (χ4n) is 2.54. The second kappa shape index (κ2) is 7.82. The number of aromatic nitrogens is 1. The number of carbonyl (C=O) groups excluding carboxylic acids is 1. The summed E-state index contributed by atoms with van der Waals surface area (Å²) in [4.78, 5) is 18.4. The Bertz CT molecular complexity index is 865. The second-order valence-electron chi connectivity index (χ2n) is 6.36. The van der Waals surface area contributed by atoms with Crippen LogP contribution in [0.15, 0.2) is 30.3 Å². The van der Waals surface area contributed by atoms with Crippen LogP contribution < -0.4 is 16.5 Å². The number of nitrogens with one attached hydrogen (secondary N) is 3. The third-order valence-corrected chi connectivity index (χ3v) is 4.04. The molecule has 0 aliphatic heterocycles. The summed E-state index contributed by atoms with van der Waals surface area (Å²) in [7, 11) is 1.85. The third-order valence-electron chi connectivity index (χ3n) is 4.04. The minimum Gasteiger partial charge on any atom is -0.398 e. The van der Waals surface area contributed by atoms with Gasteiger partial charge in [-0.05, 0) is 44.5 Å². The van der Waals surface area contributed by atoms with Crippen molar-refractivity contribution in [1.82, 2.24) is 9.88 Å². The number of amides is 1. The maximum atomic E-state index is 12.6. The molecule has 0 unspecified atom stereocenters. The van der Waals surface area contributed by atoms with Crippen LogP contribution in [-0.2, 0) is 0 Å². The van der Waals surface area contributed by atoms with Crippen molar-refractivity contribution in [2.45, 2.75) is 26.8 Å². The summed E-state index contributed by atoms with van der Waals surface area (Å²) in [5.41, 5.74) is 9.08. The zero-order valence-corrected chi connectivity index (χ0v) is 15.4. The van der Waals surface area contributed by atoms with Gasteiger partial charge < -0.3 is 16.0 Å². The van der Waals surface area contributed by atoms with Crippen molar-refractivity contribution in [2.24, 2.45) is 0 Å². The van der Waals surface area contributed by atoms with E-state index in [2.05, 4.69) is 10.3 Å². The van der Waals surface area contributed by atoms with E-state index in [-0.39, 0.29) is 17.8 Å². The minimum absolute atomic E-state index is 0.0433. The van der Waals surface area contributed by atoms with Gasteiger partial charge in [0.1, 0.15) is 19.4 Å². The predicted octanol–water partition coefficient (Wildman–Crippen LogP) is 1.13. The first-order chi connectivity index (χ1) is 12.2. The maximum absolute atomic E-state index is 12.6. The molecule has 1 heterocycles. The molecule has 0 aliphatic rings. The lowest BCUT2D eigenvalue weighted by Crippen LogP contribution is -2.36. The molecule has 2 aromatic rings. The van der Waals surface area contributed by atoms with Crippen molar-refractivity contribution < 1.29 is 4.79 Å². The monoisotopic (exact) mass is 350 g/mol. The first-order valence-electron chi connectivity index (χ1n) is 8.27. The zero-order valence-electron chi connectivity index (χ0n) is 15.4. The van der Waals surface area contributed by atoms with Crippen molar-refractivity contribution in [1.29, 1.82) is 10.8 Å². The molecule has 7 nitrogen and oxygen atoms in total. The van der Waals surface area contributed by atoms with Crippen molar-refractivity contribution in [3.05, 3.63) is 47.2 Å². The van der Waals surface area contributed by atoms with Crippen LogP contribution >= 0.6 is 0 Å². The highest BCUT2D eigenvalue weighted by Gasteiger charge is 2.16. The van der Waals surface area contributed by atoms with Crippen LogP contribution in [-0.4, -0.2) is 41.9 Å². The van der Waals surface area contributed by atoms with Gasteiger partial charge in [0.25, 0.3) is 5.91 Å². The first-order valence-corrected chi connectivity index (χ1v) is 8.27. The first kappa shape index (κ1) is 19.2. The number of aryl methyl sites for hydroxylation is 1. The van der Waals surface area contributed by atoms with E-state index in [1.807, 2.05) is 34.7 Å². The number of hydrogen-bond acceptors (Lipinski definition) is 5. The van der Waals surface area contributed by atoms with Gasteiger partial charge in [-0.25, -0.2) is 4.98 Å². The molecule has 5 N–H and O–H groups in total. The fraction of sp³-hybridized carbons (Fsp3) is 0.222. The zero-order chi connectivity index (χ0) is 19.4. The molecule has 26 heavy (non-hydrogen) atoms. The number of nitrogens with two attached hydrogens (primary N) is 1. The summed E-state index contributed by atoms with van der Waals surface area (Å²) in [6.07, 6.45) is 1.10. The number of rotatable bonds is 5. The molecule has 0 saturated heterocycles. The smallest absolute Gasteiger partial charge is 0.256 e. The SMILES string of the molecule is Bc1cc(C)c(N)cc1C(=O)Nc1cccc(C(=N)N(C=N)C(C)C)n1. The lowest BCUT2D eigenvalue weighted by molar-refractivity contribution is 0.102. The van der Waals surface area contributed by atoms with Crippen molar-refractivity contribution in [3.8, 4) is 0 Å². The molecule has 1 aromatic heterocycles. The highest BCUT2D eigenvalue weighted by Crippen LogP contribution is 2.14. The summed E-state index contributed by atoms with van der Waals surface area (Å²) in [5.74, 6) is 0.129. The molecule has 0 atom stereocenters. The number of anilines is 2. The molecule has 0 aliphatic carbocycles. The Morgan fingerprint density at radius 1 is 1.38 bits per heavy atom. The third kappa shape index (κ3) is 4.08. The van der Waals surface area contributed by atoms with Crippen LogP contribution in [0.3, 0.4) is 0 Å². The minimum atomic E-state index is -0.307. The van der Waals surface area contributed by atoms with Crippen LogP contribution in [0.5, 0.6) is 0 Å². The fourth-order valence-corrected chi connectivity index (χ4v) is 2.54. The van der Waals surface area contributed by atoms with E-state index >= 15 is 0 Å². The Balaban J connectivity index is 2.26. The van der Waals surface area contributed by atoms with E-state index in [1.165, 1.54) is 4.90 Å². The maximum Gasteiger partial charge on any atom is 0.256 e. The van der Waals surface area contributed by atoms with Gasteiger partial charge in [0.15, 0.2) is 5.84 Å². The number of carbonyl (C=O) groups is 1. The lowest BCUT2D eigenvalue weighted by atomic mass is 9.88. The van der Waals surface area contributed by atoms with E-state index in [0.717, 1.165) is 17.4 Å². The topological polar surface area (TPSA) is 119 Å². The predicted molar refractivity (Wildman–Crippen MR) is 109 cm³/mol. The molecular weight excluding hydrogens is 327 g/mol. The Labute approximate surface area is 154 Å². The summed E-state index contributed by atoms with van der Waals surface area (Å²) >= 11 is 0. The molecule has 0 bridgehead atoms. The summed E-state index contributed by atoms with van der Waals surface area (Å²) in [5, 5.41) is 18.4. The second-order valence-corrected chi connectivity index (χ2v) is 6.36. The number of pyridine rings is 1. The average Bonchev–Trinajstić information content (AvgIpc) is 2.58. The molecule has 8 heteroatoms. The molecule has 0 spiro atoms. The largest absolute Gasteiger partial charge is 0.398 e. The Morgan fingerprint density at radius 3 is 2.69 bits per heavy atom. The van der Waals surface area contributed by atoms with E-state index in [4.69, 9.17) is 16.6 Å². The molecule has 0 fully saturated rings. The van der Waals surface area contributed by atoms with Gasteiger partial charge in [0.05, 0.1) is 6.34 Å². The lowest BCUT2D eigenvalue weighted by Gasteiger charge is -2.23. The number of nitrogen functional groups attached to an aromatic ring is 1. The summed E-state index contributed by atoms with van der Waals surface area (Å²) < 4.78 is 0. The molecule has 0 saturated carbocycles. The summed E-state index contributed by atoms with van der Waals surface area (Å²) in [6, 6.07) is 8.52. The molecule has 2 rings (SSSR count). The van der Waals surface area contributed by atoms with Crippen molar-refractivity contribution >= 4 is 42.9 Å². The number of benzene rings is 1. The Hall–Kier alpha value is -3.16. The number of nitrogens with zero attached hydrogens (tertiary/aromatic N) is 2. The van der Waals surface area contributed by atoms with E-state index in [9.17, 15) is 4.79 Å². The normalized spacial score (nSPS) is 10.5. The van der Waals surface area contributed by atoms with Crippen LogP contribution in [0.2, 0.25) is 0 Å². The average molecular weight is 350 g/mol. The Kier molecular flexibility index (Phi) is 5.76. The Morgan fingerprint density at radius 2 is 2.08 bits per heavy atom. The molecule has 1 amide bonds. The van der Waals surface area contributed by atoms with Crippen molar-refractivity contribution in [3.63, 3.8) is 0 Å². The van der Waals surface area contributed by atoms with Gasteiger partial charge in [-0.3, -0.25) is 15.6 Å². The number of amidine groups is 1. The molecule has 134 valence electrons. The van der Waals surface area contributed by atoms with Crippen LogP contribution in [0.1, 0.15) is 35.5 Å². The quantitative estimate of drug-likeness (QED) is 0.280. The van der Waals surface area contributed by atoms with Crippen molar-refractivity contribution in [2.75, 3.05) is 11.1 Å². The van der Waals surface area contributed by atoms with Crippen LogP contribution in [0.4, 0.5) is 11.5 Å². The van der Waals surface area contributed by atoms with Gasteiger partial charge in [-0.15, -0.1) is 0 Å².